The van der Waals surface area contributed by atoms with Gasteiger partial charge in [-0.25, -0.2) is 4.79 Å². The predicted octanol–water partition coefficient (Wildman–Crippen LogP) is 1.13. The zero-order valence-corrected chi connectivity index (χ0v) is 8.84. The number of H-pyrrole nitrogens is 1. The summed E-state index contributed by atoms with van der Waals surface area (Å²) in [5.41, 5.74) is 3.10. The summed E-state index contributed by atoms with van der Waals surface area (Å²) in [6.07, 6.45) is 1.87. The second kappa shape index (κ2) is 4.67. The van der Waals surface area contributed by atoms with Crippen LogP contribution in [-0.2, 0) is 11.2 Å². The number of aromatic amines is 1. The molecule has 0 amide bonds. The third-order valence-electron chi connectivity index (χ3n) is 2.46. The summed E-state index contributed by atoms with van der Waals surface area (Å²) in [7, 11) is 0. The molecule has 2 rings (SSSR count). The first-order valence-corrected chi connectivity index (χ1v) is 4.96. The first-order valence-electron chi connectivity index (χ1n) is 4.96. The third-order valence-corrected chi connectivity index (χ3v) is 2.46. The van der Waals surface area contributed by atoms with Crippen LogP contribution in [0.4, 0.5) is 0 Å². The number of nitrogens with zero attached hydrogens (tertiary/aromatic N) is 1. The van der Waals surface area contributed by atoms with Gasteiger partial charge in [-0.1, -0.05) is 18.2 Å². The molecule has 0 aliphatic rings. The van der Waals surface area contributed by atoms with Crippen LogP contribution in [-0.4, -0.2) is 27.0 Å². The van der Waals surface area contributed by atoms with E-state index in [-0.39, 0.29) is 12.1 Å². The van der Waals surface area contributed by atoms with Gasteiger partial charge in [0.05, 0.1) is 0 Å². The molecule has 6 nitrogen and oxygen atoms in total. The normalized spacial score (nSPS) is 11.7. The van der Waals surface area contributed by atoms with Crippen LogP contribution in [0.15, 0.2) is 35.6 Å². The molecule has 0 bridgehead atoms. The smallest absolute Gasteiger partial charge is 0.352 e. The summed E-state index contributed by atoms with van der Waals surface area (Å²) in [6, 6.07) is 7.57. The van der Waals surface area contributed by atoms with Gasteiger partial charge >= 0.3 is 5.97 Å². The highest BCUT2D eigenvalue weighted by Crippen LogP contribution is 2.18. The molecule has 6 heteroatoms. The molecule has 0 saturated carbocycles. The van der Waals surface area contributed by atoms with Gasteiger partial charge in [-0.05, 0) is 11.6 Å². The summed E-state index contributed by atoms with van der Waals surface area (Å²) in [4.78, 5) is 13.9. The van der Waals surface area contributed by atoms with Crippen LogP contribution < -0.4 is 5.59 Å². The molecule has 1 aromatic carbocycles. The van der Waals surface area contributed by atoms with Gasteiger partial charge < -0.3 is 10.1 Å². The lowest BCUT2D eigenvalue weighted by Crippen LogP contribution is -2.19. The molecule has 1 heterocycles. The number of fused-ring (bicyclic) bond motifs is 1. The van der Waals surface area contributed by atoms with Gasteiger partial charge in [0.1, 0.15) is 0 Å². The number of carbonyl (C=O) groups is 1. The van der Waals surface area contributed by atoms with Crippen LogP contribution in [0.2, 0.25) is 0 Å². The van der Waals surface area contributed by atoms with Crippen molar-refractivity contribution in [3.05, 3.63) is 36.0 Å². The quantitative estimate of drug-likeness (QED) is 0.470. The van der Waals surface area contributed by atoms with Crippen molar-refractivity contribution in [1.82, 2.24) is 10.6 Å². The second-order valence-electron chi connectivity index (χ2n) is 3.50. The Morgan fingerprint density at radius 3 is 2.88 bits per heavy atom. The van der Waals surface area contributed by atoms with Crippen molar-refractivity contribution in [2.24, 2.45) is 5.10 Å². The van der Waals surface area contributed by atoms with Gasteiger partial charge in [0, 0.05) is 23.5 Å². The van der Waals surface area contributed by atoms with Gasteiger partial charge in [0.25, 0.3) is 0 Å². The largest absolute Gasteiger partial charge is 0.477 e. The molecule has 0 saturated heterocycles. The fourth-order valence-corrected chi connectivity index (χ4v) is 1.68. The highest BCUT2D eigenvalue weighted by Gasteiger charge is 2.13. The number of benzene rings is 1. The van der Waals surface area contributed by atoms with Crippen LogP contribution in [0.25, 0.3) is 10.9 Å². The minimum Gasteiger partial charge on any atom is -0.477 e. The molecule has 1 aromatic heterocycles. The number of nitrogens with one attached hydrogen (secondary N) is 2. The van der Waals surface area contributed by atoms with Crippen molar-refractivity contribution in [2.75, 3.05) is 0 Å². The first kappa shape index (κ1) is 11.2. The lowest BCUT2D eigenvalue weighted by atomic mass is 10.1. The Hall–Kier alpha value is -2.34. The van der Waals surface area contributed by atoms with Crippen LogP contribution in [0, 0.1) is 0 Å². The average Bonchev–Trinajstić information content (AvgIpc) is 2.72. The van der Waals surface area contributed by atoms with E-state index in [2.05, 4.69) is 10.1 Å². The standard InChI is InChI=1S/C11H11N3O3/c15-11(16)10(13-14-17)5-7-6-12-9-4-2-1-3-8(7)9/h1-4,6,12,14,17H,5H2,(H,15,16). The van der Waals surface area contributed by atoms with Crippen LogP contribution in [0.3, 0.4) is 0 Å². The van der Waals surface area contributed by atoms with E-state index in [1.807, 2.05) is 24.3 Å². The SMILES string of the molecule is O=C(O)C(Cc1c[nH]c2ccccc12)=NNO. The monoisotopic (exact) mass is 233 g/mol. The Kier molecular flexibility index (Phi) is 3.06. The van der Waals surface area contributed by atoms with Crippen molar-refractivity contribution >= 4 is 22.6 Å². The minimum absolute atomic E-state index is 0.132. The minimum atomic E-state index is -1.17. The van der Waals surface area contributed by atoms with E-state index >= 15 is 0 Å². The molecule has 0 radical (unpaired) electrons. The summed E-state index contributed by atoms with van der Waals surface area (Å²) in [5, 5.41) is 21.6. The van der Waals surface area contributed by atoms with E-state index in [1.165, 1.54) is 5.59 Å². The summed E-state index contributed by atoms with van der Waals surface area (Å²) in [6.45, 7) is 0. The molecule has 2 aromatic rings. The van der Waals surface area contributed by atoms with E-state index in [4.69, 9.17) is 10.3 Å². The van der Waals surface area contributed by atoms with E-state index in [9.17, 15) is 4.79 Å². The lowest BCUT2D eigenvalue weighted by molar-refractivity contribution is -0.129. The Balaban J connectivity index is 2.35. The number of aromatic nitrogens is 1. The molecule has 0 fully saturated rings. The summed E-state index contributed by atoms with van der Waals surface area (Å²) >= 11 is 0. The zero-order chi connectivity index (χ0) is 12.3. The molecular weight excluding hydrogens is 222 g/mol. The molecule has 0 atom stereocenters. The van der Waals surface area contributed by atoms with E-state index in [0.29, 0.717) is 0 Å². The maximum absolute atomic E-state index is 10.9. The number of hydrogen-bond donors (Lipinski definition) is 4. The van der Waals surface area contributed by atoms with Crippen molar-refractivity contribution in [1.29, 1.82) is 0 Å². The van der Waals surface area contributed by atoms with Gasteiger partial charge in [-0.2, -0.15) is 10.7 Å². The lowest BCUT2D eigenvalue weighted by Gasteiger charge is -1.99. The maximum Gasteiger partial charge on any atom is 0.352 e. The van der Waals surface area contributed by atoms with Crippen LogP contribution in [0.5, 0.6) is 0 Å². The van der Waals surface area contributed by atoms with E-state index in [0.717, 1.165) is 16.5 Å². The summed E-state index contributed by atoms with van der Waals surface area (Å²) in [5.74, 6) is -1.17. The van der Waals surface area contributed by atoms with Gasteiger partial charge in [-0.15, -0.1) is 0 Å². The first-order chi connectivity index (χ1) is 8.22. The zero-order valence-electron chi connectivity index (χ0n) is 8.84. The van der Waals surface area contributed by atoms with Crippen molar-refractivity contribution in [3.63, 3.8) is 0 Å². The maximum atomic E-state index is 10.9. The Labute approximate surface area is 96.5 Å². The topological polar surface area (TPSA) is 97.7 Å². The van der Waals surface area contributed by atoms with Gasteiger partial charge in [0.15, 0.2) is 5.71 Å². The molecular formula is C11H11N3O3. The number of aliphatic carboxylic acids is 1. The summed E-state index contributed by atoms with van der Waals surface area (Å²) < 4.78 is 0. The molecule has 0 unspecified atom stereocenters. The molecule has 4 N–H and O–H groups in total. The van der Waals surface area contributed by atoms with Crippen molar-refractivity contribution in [2.45, 2.75) is 6.42 Å². The molecule has 0 aliphatic heterocycles. The predicted molar refractivity (Wildman–Crippen MR) is 62.0 cm³/mol. The van der Waals surface area contributed by atoms with Gasteiger partial charge in [-0.3, -0.25) is 5.21 Å². The number of para-hydroxylation sites is 1. The van der Waals surface area contributed by atoms with Crippen molar-refractivity contribution < 1.29 is 15.1 Å². The molecule has 0 spiro atoms. The second-order valence-corrected chi connectivity index (χ2v) is 3.50. The fraction of sp³-hybridized carbons (Fsp3) is 0.0909. The number of carboxylic acids is 1. The fourth-order valence-electron chi connectivity index (χ4n) is 1.68. The average molecular weight is 233 g/mol. The Morgan fingerprint density at radius 1 is 1.41 bits per heavy atom. The molecule has 17 heavy (non-hydrogen) atoms. The van der Waals surface area contributed by atoms with Crippen LogP contribution in [0.1, 0.15) is 5.56 Å². The highest BCUT2D eigenvalue weighted by molar-refractivity contribution is 6.36. The van der Waals surface area contributed by atoms with Crippen LogP contribution >= 0.6 is 0 Å². The van der Waals surface area contributed by atoms with E-state index in [1.54, 1.807) is 6.20 Å². The number of hydrogen-bond acceptors (Lipinski definition) is 4. The van der Waals surface area contributed by atoms with Gasteiger partial charge in [0.2, 0.25) is 0 Å². The number of carboxylic acid groups (broad SMARTS) is 1. The number of hydrazone groups is 1. The third kappa shape index (κ3) is 2.26. The Bertz CT molecular complexity index is 574. The molecule has 0 aliphatic carbocycles. The number of rotatable bonds is 4. The van der Waals surface area contributed by atoms with E-state index < -0.39 is 5.97 Å². The Morgan fingerprint density at radius 2 is 2.18 bits per heavy atom. The highest BCUT2D eigenvalue weighted by atomic mass is 16.5. The molecule has 88 valence electrons. The van der Waals surface area contributed by atoms with Crippen molar-refractivity contribution in [3.8, 4) is 0 Å².